The zero-order valence-electron chi connectivity index (χ0n) is 12.2. The number of halogens is 1. The molecule has 1 fully saturated rings. The van der Waals surface area contributed by atoms with Crippen LogP contribution in [0.3, 0.4) is 0 Å². The Morgan fingerprint density at radius 1 is 1.18 bits per heavy atom. The van der Waals surface area contributed by atoms with Crippen LogP contribution in [-0.2, 0) is 6.54 Å². The standard InChI is InChI=1S/C16H18FN3O2/c17-12-4-6-13(7-5-12)20-15(14(10-18-20)16(21)22)11-19-8-2-1-3-9-19/h4-7,10H,1-3,8-9,11H2,(H,21,22). The molecule has 22 heavy (non-hydrogen) atoms. The van der Waals surface area contributed by atoms with E-state index in [2.05, 4.69) is 10.00 Å². The number of hydrogen-bond donors (Lipinski definition) is 1. The number of benzene rings is 1. The Morgan fingerprint density at radius 3 is 2.50 bits per heavy atom. The average molecular weight is 303 g/mol. The molecule has 3 rings (SSSR count). The summed E-state index contributed by atoms with van der Waals surface area (Å²) in [5.41, 5.74) is 1.51. The first-order valence-electron chi connectivity index (χ1n) is 7.43. The molecule has 0 unspecified atom stereocenters. The Balaban J connectivity index is 1.95. The molecule has 1 N–H and O–H groups in total. The highest BCUT2D eigenvalue weighted by Gasteiger charge is 2.21. The molecule has 2 aromatic rings. The van der Waals surface area contributed by atoms with Gasteiger partial charge < -0.3 is 5.11 Å². The number of nitrogens with zero attached hydrogens (tertiary/aromatic N) is 3. The molecule has 0 radical (unpaired) electrons. The van der Waals surface area contributed by atoms with Gasteiger partial charge in [-0.25, -0.2) is 13.9 Å². The smallest absolute Gasteiger partial charge is 0.339 e. The third-order valence-electron chi connectivity index (χ3n) is 3.99. The van der Waals surface area contributed by atoms with Crippen molar-refractivity contribution in [3.8, 4) is 5.69 Å². The van der Waals surface area contributed by atoms with Gasteiger partial charge in [0.25, 0.3) is 0 Å². The van der Waals surface area contributed by atoms with E-state index in [0.29, 0.717) is 17.9 Å². The van der Waals surface area contributed by atoms with Gasteiger partial charge in [-0.15, -0.1) is 0 Å². The molecule has 6 heteroatoms. The Kier molecular flexibility index (Phi) is 4.20. The van der Waals surface area contributed by atoms with Crippen LogP contribution in [0.4, 0.5) is 4.39 Å². The molecule has 0 saturated carbocycles. The molecule has 1 aromatic heterocycles. The summed E-state index contributed by atoms with van der Waals surface area (Å²) in [5.74, 6) is -1.31. The minimum absolute atomic E-state index is 0.204. The predicted molar refractivity (Wildman–Crippen MR) is 79.6 cm³/mol. The maximum atomic E-state index is 13.1. The van der Waals surface area contributed by atoms with Crippen LogP contribution in [0, 0.1) is 5.82 Å². The van der Waals surface area contributed by atoms with Crippen molar-refractivity contribution in [3.63, 3.8) is 0 Å². The zero-order chi connectivity index (χ0) is 15.5. The summed E-state index contributed by atoms with van der Waals surface area (Å²) in [4.78, 5) is 13.7. The van der Waals surface area contributed by atoms with Crippen LogP contribution >= 0.6 is 0 Å². The summed E-state index contributed by atoms with van der Waals surface area (Å²) < 4.78 is 14.7. The second-order valence-corrected chi connectivity index (χ2v) is 5.54. The molecular formula is C16H18FN3O2. The second kappa shape index (κ2) is 6.27. The molecule has 0 amide bonds. The van der Waals surface area contributed by atoms with Gasteiger partial charge in [-0.3, -0.25) is 4.90 Å². The minimum Gasteiger partial charge on any atom is -0.478 e. The fourth-order valence-corrected chi connectivity index (χ4v) is 2.84. The molecule has 0 atom stereocenters. The fourth-order valence-electron chi connectivity index (χ4n) is 2.84. The van der Waals surface area contributed by atoms with Crippen LogP contribution in [0.15, 0.2) is 30.5 Å². The molecular weight excluding hydrogens is 285 g/mol. The molecule has 1 aromatic carbocycles. The molecule has 0 aliphatic carbocycles. The van der Waals surface area contributed by atoms with Gasteiger partial charge in [0, 0.05) is 6.54 Å². The monoisotopic (exact) mass is 303 g/mol. The van der Waals surface area contributed by atoms with E-state index < -0.39 is 5.97 Å². The van der Waals surface area contributed by atoms with Gasteiger partial charge >= 0.3 is 5.97 Å². The maximum Gasteiger partial charge on any atom is 0.339 e. The first-order chi connectivity index (χ1) is 10.6. The first-order valence-corrected chi connectivity index (χ1v) is 7.43. The highest BCUT2D eigenvalue weighted by Crippen LogP contribution is 2.20. The lowest BCUT2D eigenvalue weighted by Gasteiger charge is -2.26. The molecule has 0 bridgehead atoms. The second-order valence-electron chi connectivity index (χ2n) is 5.54. The average Bonchev–Trinajstić information content (AvgIpc) is 2.93. The predicted octanol–water partition coefficient (Wildman–Crippen LogP) is 2.70. The van der Waals surface area contributed by atoms with Crippen molar-refractivity contribution in [3.05, 3.63) is 47.5 Å². The molecule has 1 aliphatic rings. The summed E-state index contributed by atoms with van der Waals surface area (Å²) >= 11 is 0. The summed E-state index contributed by atoms with van der Waals surface area (Å²) in [6.07, 6.45) is 4.85. The molecule has 0 spiro atoms. The van der Waals surface area contributed by atoms with Gasteiger partial charge in [0.15, 0.2) is 0 Å². The lowest BCUT2D eigenvalue weighted by atomic mass is 10.1. The molecule has 116 valence electrons. The van der Waals surface area contributed by atoms with Crippen molar-refractivity contribution in [2.24, 2.45) is 0 Å². The van der Waals surface area contributed by atoms with Crippen LogP contribution in [0.5, 0.6) is 0 Å². The van der Waals surface area contributed by atoms with E-state index in [1.165, 1.54) is 24.8 Å². The van der Waals surface area contributed by atoms with E-state index in [0.717, 1.165) is 25.9 Å². The minimum atomic E-state index is -0.986. The highest BCUT2D eigenvalue weighted by atomic mass is 19.1. The van der Waals surface area contributed by atoms with Crippen molar-refractivity contribution in [1.82, 2.24) is 14.7 Å². The van der Waals surface area contributed by atoms with Crippen molar-refractivity contribution >= 4 is 5.97 Å². The van der Waals surface area contributed by atoms with Gasteiger partial charge in [-0.2, -0.15) is 5.10 Å². The number of rotatable bonds is 4. The number of carbonyl (C=O) groups is 1. The number of piperidine rings is 1. The molecule has 1 aliphatic heterocycles. The van der Waals surface area contributed by atoms with E-state index in [4.69, 9.17) is 0 Å². The van der Waals surface area contributed by atoms with Gasteiger partial charge in [-0.05, 0) is 50.2 Å². The quantitative estimate of drug-likeness (QED) is 0.943. The summed E-state index contributed by atoms with van der Waals surface area (Å²) in [6, 6.07) is 5.91. The zero-order valence-corrected chi connectivity index (χ0v) is 12.2. The topological polar surface area (TPSA) is 58.4 Å². The number of aromatic carboxylic acids is 1. The van der Waals surface area contributed by atoms with E-state index in [-0.39, 0.29) is 11.4 Å². The number of aromatic nitrogens is 2. The SMILES string of the molecule is O=C(O)c1cnn(-c2ccc(F)cc2)c1CN1CCCCC1. The fraction of sp³-hybridized carbons (Fsp3) is 0.375. The lowest BCUT2D eigenvalue weighted by Crippen LogP contribution is -2.30. The Morgan fingerprint density at radius 2 is 1.86 bits per heavy atom. The van der Waals surface area contributed by atoms with Crippen LogP contribution in [-0.4, -0.2) is 38.8 Å². The first kappa shape index (κ1) is 14.7. The van der Waals surface area contributed by atoms with Gasteiger partial charge in [0.2, 0.25) is 0 Å². The normalized spacial score (nSPS) is 15.9. The van der Waals surface area contributed by atoms with Crippen molar-refractivity contribution in [2.75, 3.05) is 13.1 Å². The van der Waals surface area contributed by atoms with Crippen LogP contribution in [0.2, 0.25) is 0 Å². The number of likely N-dealkylation sites (tertiary alicyclic amines) is 1. The molecule has 5 nitrogen and oxygen atoms in total. The number of carboxylic acid groups (broad SMARTS) is 1. The van der Waals surface area contributed by atoms with Crippen LogP contribution in [0.25, 0.3) is 5.69 Å². The summed E-state index contributed by atoms with van der Waals surface area (Å²) in [6.45, 7) is 2.47. The van der Waals surface area contributed by atoms with Crippen LogP contribution < -0.4 is 0 Å². The largest absolute Gasteiger partial charge is 0.478 e. The molecule has 2 heterocycles. The number of hydrogen-bond acceptors (Lipinski definition) is 3. The summed E-state index contributed by atoms with van der Waals surface area (Å²) in [5, 5.41) is 13.6. The van der Waals surface area contributed by atoms with Gasteiger partial charge in [0.05, 0.1) is 17.6 Å². The van der Waals surface area contributed by atoms with Crippen molar-refractivity contribution < 1.29 is 14.3 Å². The third kappa shape index (κ3) is 3.01. The van der Waals surface area contributed by atoms with Gasteiger partial charge in [0.1, 0.15) is 11.4 Å². The van der Waals surface area contributed by atoms with Gasteiger partial charge in [-0.1, -0.05) is 6.42 Å². The Hall–Kier alpha value is -2.21. The third-order valence-corrected chi connectivity index (χ3v) is 3.99. The Labute approximate surface area is 128 Å². The Bertz CT molecular complexity index is 661. The van der Waals surface area contributed by atoms with E-state index in [9.17, 15) is 14.3 Å². The molecule has 1 saturated heterocycles. The number of carboxylic acids is 1. The van der Waals surface area contributed by atoms with E-state index in [1.807, 2.05) is 0 Å². The van der Waals surface area contributed by atoms with E-state index >= 15 is 0 Å². The summed E-state index contributed by atoms with van der Waals surface area (Å²) in [7, 11) is 0. The van der Waals surface area contributed by atoms with Crippen molar-refractivity contribution in [2.45, 2.75) is 25.8 Å². The maximum absolute atomic E-state index is 13.1. The van der Waals surface area contributed by atoms with E-state index in [1.54, 1.807) is 16.8 Å². The van der Waals surface area contributed by atoms with Crippen molar-refractivity contribution in [1.29, 1.82) is 0 Å². The lowest BCUT2D eigenvalue weighted by molar-refractivity contribution is 0.0694. The van der Waals surface area contributed by atoms with Crippen LogP contribution in [0.1, 0.15) is 35.3 Å². The highest BCUT2D eigenvalue weighted by molar-refractivity contribution is 5.88.